The molecule has 0 aliphatic rings. The number of aliphatic imine (C=N–C) groups is 1. The predicted octanol–water partition coefficient (Wildman–Crippen LogP) is 3.52. The Bertz CT molecular complexity index is 842. The van der Waals surface area contributed by atoms with E-state index in [9.17, 15) is 4.79 Å². The van der Waals surface area contributed by atoms with Gasteiger partial charge >= 0.3 is 0 Å². The van der Waals surface area contributed by atoms with E-state index in [0.717, 1.165) is 24.4 Å². The summed E-state index contributed by atoms with van der Waals surface area (Å²) in [6, 6.07) is 15.0. The topological polar surface area (TPSA) is 93.2 Å². The number of benzene rings is 2. The highest BCUT2D eigenvalue weighted by Crippen LogP contribution is 2.18. The molecule has 168 valence electrons. The average Bonchev–Trinajstić information content (AvgIpc) is 2.74. The summed E-state index contributed by atoms with van der Waals surface area (Å²) in [7, 11) is 1.68. The number of methoxy groups -OCH3 is 1. The Kier molecular flexibility index (Phi) is 10.7. The Hall–Kier alpha value is -3.26. The fraction of sp³-hybridized carbons (Fsp3) is 0.391. The van der Waals surface area contributed by atoms with Crippen molar-refractivity contribution in [3.8, 4) is 11.5 Å². The third-order valence-electron chi connectivity index (χ3n) is 3.99. The first-order valence-electron chi connectivity index (χ1n) is 10.4. The van der Waals surface area contributed by atoms with Crippen molar-refractivity contribution >= 4 is 23.2 Å². The van der Waals surface area contributed by atoms with E-state index in [4.69, 9.17) is 14.2 Å². The first kappa shape index (κ1) is 24.0. The van der Waals surface area contributed by atoms with Gasteiger partial charge in [0.1, 0.15) is 18.1 Å². The molecule has 2 aromatic carbocycles. The molecule has 8 heteroatoms. The average molecular weight is 429 g/mol. The minimum atomic E-state index is -0.118. The van der Waals surface area contributed by atoms with Crippen LogP contribution in [0.15, 0.2) is 53.5 Å². The molecular weight excluding hydrogens is 396 g/mol. The van der Waals surface area contributed by atoms with Gasteiger partial charge in [-0.15, -0.1) is 0 Å². The van der Waals surface area contributed by atoms with E-state index in [1.54, 1.807) is 13.2 Å². The maximum absolute atomic E-state index is 11.2. The first-order valence-corrected chi connectivity index (χ1v) is 10.4. The quantitative estimate of drug-likeness (QED) is 0.272. The summed E-state index contributed by atoms with van der Waals surface area (Å²) in [5, 5.41) is 9.24. The Morgan fingerprint density at radius 2 is 1.58 bits per heavy atom. The molecule has 0 atom stereocenters. The highest BCUT2D eigenvalue weighted by atomic mass is 16.5. The molecule has 2 rings (SSSR count). The van der Waals surface area contributed by atoms with Crippen molar-refractivity contribution in [3.63, 3.8) is 0 Å². The monoisotopic (exact) mass is 428 g/mol. The molecule has 0 fully saturated rings. The molecule has 0 aliphatic carbocycles. The number of carbonyl (C=O) groups is 1. The lowest BCUT2D eigenvalue weighted by Gasteiger charge is -2.13. The number of rotatable bonds is 12. The second-order valence-corrected chi connectivity index (χ2v) is 6.67. The molecule has 2 aromatic rings. The standard InChI is InChI=1S/C23H32N4O4/c1-4-24-23(27-20-9-6-10-21(17-20)30-14-7-13-29-3)25-12-15-31-22-11-5-8-19(16-22)26-18(2)28/h5-6,8-11,16-17H,4,7,12-15H2,1-3H3,(H,26,28)(H2,24,25,27). The Balaban J connectivity index is 1.87. The first-order chi connectivity index (χ1) is 15.1. The van der Waals surface area contributed by atoms with Gasteiger partial charge in [0, 0.05) is 57.1 Å². The number of nitrogens with zero attached hydrogens (tertiary/aromatic N) is 1. The van der Waals surface area contributed by atoms with E-state index in [-0.39, 0.29) is 5.91 Å². The Morgan fingerprint density at radius 3 is 2.19 bits per heavy atom. The zero-order valence-corrected chi connectivity index (χ0v) is 18.4. The Labute approximate surface area is 184 Å². The van der Waals surface area contributed by atoms with Crippen LogP contribution in [0.5, 0.6) is 11.5 Å². The van der Waals surface area contributed by atoms with Gasteiger partial charge in [-0.2, -0.15) is 0 Å². The predicted molar refractivity (Wildman–Crippen MR) is 124 cm³/mol. The van der Waals surface area contributed by atoms with Gasteiger partial charge in [0.25, 0.3) is 0 Å². The van der Waals surface area contributed by atoms with E-state index in [0.29, 0.717) is 43.8 Å². The summed E-state index contributed by atoms with van der Waals surface area (Å²) in [6.07, 6.45) is 0.839. The molecule has 0 saturated heterocycles. The van der Waals surface area contributed by atoms with E-state index in [1.807, 2.05) is 49.4 Å². The van der Waals surface area contributed by atoms with Crippen LogP contribution < -0.4 is 25.4 Å². The van der Waals surface area contributed by atoms with Crippen molar-refractivity contribution in [2.75, 3.05) is 50.7 Å². The van der Waals surface area contributed by atoms with Crippen molar-refractivity contribution in [3.05, 3.63) is 48.5 Å². The van der Waals surface area contributed by atoms with E-state index in [2.05, 4.69) is 20.9 Å². The van der Waals surface area contributed by atoms with Crippen molar-refractivity contribution in [1.29, 1.82) is 0 Å². The van der Waals surface area contributed by atoms with Crippen molar-refractivity contribution in [2.45, 2.75) is 20.3 Å². The number of hydrogen-bond acceptors (Lipinski definition) is 5. The number of anilines is 2. The fourth-order valence-corrected chi connectivity index (χ4v) is 2.69. The van der Waals surface area contributed by atoms with Gasteiger partial charge in [0.05, 0.1) is 13.2 Å². The molecule has 8 nitrogen and oxygen atoms in total. The second kappa shape index (κ2) is 13.9. The van der Waals surface area contributed by atoms with Gasteiger partial charge in [-0.1, -0.05) is 12.1 Å². The second-order valence-electron chi connectivity index (χ2n) is 6.67. The number of amides is 1. The van der Waals surface area contributed by atoms with Gasteiger partial charge in [0.15, 0.2) is 5.96 Å². The molecule has 31 heavy (non-hydrogen) atoms. The van der Waals surface area contributed by atoms with E-state index in [1.165, 1.54) is 6.92 Å². The Morgan fingerprint density at radius 1 is 0.935 bits per heavy atom. The molecule has 0 bridgehead atoms. The van der Waals surface area contributed by atoms with Crippen LogP contribution in [0.1, 0.15) is 20.3 Å². The van der Waals surface area contributed by atoms with Crippen LogP contribution in [0.4, 0.5) is 11.4 Å². The highest BCUT2D eigenvalue weighted by molar-refractivity contribution is 5.93. The molecule has 3 N–H and O–H groups in total. The third-order valence-corrected chi connectivity index (χ3v) is 3.99. The molecule has 0 radical (unpaired) electrons. The number of hydrogen-bond donors (Lipinski definition) is 3. The number of carbonyl (C=O) groups excluding carboxylic acids is 1. The van der Waals surface area contributed by atoms with Gasteiger partial charge < -0.3 is 30.2 Å². The summed E-state index contributed by atoms with van der Waals surface area (Å²) in [5.74, 6) is 2.01. The zero-order chi connectivity index (χ0) is 22.3. The highest BCUT2D eigenvalue weighted by Gasteiger charge is 2.02. The summed E-state index contributed by atoms with van der Waals surface area (Å²) in [4.78, 5) is 15.7. The van der Waals surface area contributed by atoms with Crippen LogP contribution in [0.3, 0.4) is 0 Å². The summed E-state index contributed by atoms with van der Waals surface area (Å²) in [6.45, 7) is 6.37. The van der Waals surface area contributed by atoms with Crippen LogP contribution in [0.25, 0.3) is 0 Å². The van der Waals surface area contributed by atoms with Gasteiger partial charge in [-0.05, 0) is 31.2 Å². The summed E-state index contributed by atoms with van der Waals surface area (Å²) >= 11 is 0. The smallest absolute Gasteiger partial charge is 0.221 e. The van der Waals surface area contributed by atoms with Gasteiger partial charge in [0.2, 0.25) is 5.91 Å². The maximum Gasteiger partial charge on any atom is 0.221 e. The van der Waals surface area contributed by atoms with Gasteiger partial charge in [-0.3, -0.25) is 4.79 Å². The van der Waals surface area contributed by atoms with Crippen molar-refractivity contribution in [1.82, 2.24) is 5.32 Å². The molecule has 0 aliphatic heterocycles. The van der Waals surface area contributed by atoms with Crippen LogP contribution in [0.2, 0.25) is 0 Å². The number of guanidine groups is 1. The number of ether oxygens (including phenoxy) is 3. The third kappa shape index (κ3) is 9.86. The van der Waals surface area contributed by atoms with E-state index < -0.39 is 0 Å². The normalized spacial score (nSPS) is 11.0. The molecule has 0 saturated carbocycles. The largest absolute Gasteiger partial charge is 0.493 e. The van der Waals surface area contributed by atoms with Crippen LogP contribution in [0, 0.1) is 0 Å². The van der Waals surface area contributed by atoms with Crippen molar-refractivity contribution < 1.29 is 19.0 Å². The molecule has 0 spiro atoms. The lowest BCUT2D eigenvalue weighted by molar-refractivity contribution is -0.114. The summed E-state index contributed by atoms with van der Waals surface area (Å²) < 4.78 is 16.5. The molecule has 0 heterocycles. The lowest BCUT2D eigenvalue weighted by Crippen LogP contribution is -2.31. The fourth-order valence-electron chi connectivity index (χ4n) is 2.69. The minimum Gasteiger partial charge on any atom is -0.493 e. The summed E-state index contributed by atoms with van der Waals surface area (Å²) in [5.41, 5.74) is 1.58. The van der Waals surface area contributed by atoms with Crippen LogP contribution in [-0.4, -0.2) is 51.9 Å². The van der Waals surface area contributed by atoms with E-state index >= 15 is 0 Å². The molecule has 0 aromatic heterocycles. The molecule has 0 unspecified atom stereocenters. The SMILES string of the molecule is CCNC(=NCCOc1cccc(NC(C)=O)c1)Nc1cccc(OCCCOC)c1. The maximum atomic E-state index is 11.2. The van der Waals surface area contributed by atoms with Crippen molar-refractivity contribution in [2.24, 2.45) is 4.99 Å². The lowest BCUT2D eigenvalue weighted by atomic mass is 10.3. The molecule has 1 amide bonds. The molecular formula is C23H32N4O4. The zero-order valence-electron chi connectivity index (χ0n) is 18.4. The van der Waals surface area contributed by atoms with Gasteiger partial charge in [-0.25, -0.2) is 4.99 Å². The minimum absolute atomic E-state index is 0.118. The van der Waals surface area contributed by atoms with Crippen LogP contribution >= 0.6 is 0 Å². The van der Waals surface area contributed by atoms with Crippen LogP contribution in [-0.2, 0) is 9.53 Å². The number of nitrogens with one attached hydrogen (secondary N) is 3.